The van der Waals surface area contributed by atoms with Gasteiger partial charge in [0, 0.05) is 12.8 Å². The maximum Gasteiger partial charge on any atom is 0.416 e. The summed E-state index contributed by atoms with van der Waals surface area (Å²) in [5.41, 5.74) is 1.75. The predicted molar refractivity (Wildman–Crippen MR) is 219 cm³/mol. The molecule has 0 aliphatic rings. The Bertz CT molecular complexity index is 2010. The van der Waals surface area contributed by atoms with Gasteiger partial charge in [-0.05, 0) is 88.1 Å². The predicted octanol–water partition coefficient (Wildman–Crippen LogP) is 8.69. The highest BCUT2D eigenvalue weighted by atomic mass is 19.4. The third-order valence-corrected chi connectivity index (χ3v) is 7.79. The minimum absolute atomic E-state index is 0.0576. The number of halogens is 6. The molecule has 0 heterocycles. The Morgan fingerprint density at radius 2 is 0.921 bits per heavy atom. The van der Waals surface area contributed by atoms with Gasteiger partial charge in [0.1, 0.15) is 23.3 Å². The number of hydrogen-bond acceptors (Lipinski definition) is 9. The number of ether oxygens (including phenoxy) is 2. The van der Waals surface area contributed by atoms with Crippen LogP contribution in [0.15, 0.2) is 109 Å². The summed E-state index contributed by atoms with van der Waals surface area (Å²) in [6.07, 6.45) is -10.9. The topological polar surface area (TPSA) is 188 Å². The van der Waals surface area contributed by atoms with E-state index in [0.717, 1.165) is 35.4 Å². The molecule has 4 rings (SSSR count). The fourth-order valence-electron chi connectivity index (χ4n) is 4.95. The molecular formula is C44H52F6N4O9. The molecule has 2 atom stereocenters. The molecule has 0 radical (unpaired) electrons. The maximum absolute atomic E-state index is 12.8. The first-order valence-corrected chi connectivity index (χ1v) is 19.1. The van der Waals surface area contributed by atoms with Crippen molar-refractivity contribution >= 4 is 24.1 Å². The van der Waals surface area contributed by atoms with E-state index in [1.165, 1.54) is 24.3 Å². The first kappa shape index (κ1) is 53.0. The zero-order valence-corrected chi connectivity index (χ0v) is 35.4. The van der Waals surface area contributed by atoms with E-state index in [-0.39, 0.29) is 19.4 Å². The highest BCUT2D eigenvalue weighted by molar-refractivity contribution is 5.85. The molecule has 0 unspecified atom stereocenters. The van der Waals surface area contributed by atoms with Crippen molar-refractivity contribution in [3.05, 3.63) is 143 Å². The number of alkyl carbamates (subject to hydrolysis) is 2. The van der Waals surface area contributed by atoms with Gasteiger partial charge in [-0.1, -0.05) is 84.9 Å². The number of hydroxylamine groups is 1. The van der Waals surface area contributed by atoms with Crippen LogP contribution >= 0.6 is 0 Å². The highest BCUT2D eigenvalue weighted by Crippen LogP contribution is 2.30. The van der Waals surface area contributed by atoms with Crippen LogP contribution in [0.25, 0.3) is 0 Å². The second kappa shape index (κ2) is 24.5. The van der Waals surface area contributed by atoms with Crippen molar-refractivity contribution in [2.45, 2.75) is 103 Å². The van der Waals surface area contributed by atoms with Gasteiger partial charge in [-0.15, -0.1) is 0 Å². The Kier molecular flexibility index (Phi) is 20.6. The summed E-state index contributed by atoms with van der Waals surface area (Å²) in [7, 11) is 0. The number of benzene rings is 4. The number of rotatable bonds is 13. The number of aliphatic carboxylic acids is 1. The smallest absolute Gasteiger partial charge is 0.416 e. The molecule has 19 heteroatoms. The first-order chi connectivity index (χ1) is 29.3. The summed E-state index contributed by atoms with van der Waals surface area (Å²) >= 11 is 0. The van der Waals surface area contributed by atoms with Gasteiger partial charge in [-0.25, -0.2) is 25.8 Å². The van der Waals surface area contributed by atoms with Crippen molar-refractivity contribution < 1.29 is 69.8 Å². The highest BCUT2D eigenvalue weighted by Gasteiger charge is 2.32. The van der Waals surface area contributed by atoms with Crippen molar-refractivity contribution in [3.63, 3.8) is 0 Å². The molecule has 0 spiro atoms. The molecule has 3 amide bonds. The second-order valence-corrected chi connectivity index (χ2v) is 15.6. The summed E-state index contributed by atoms with van der Waals surface area (Å²) in [6, 6.07) is 24.9. The van der Waals surface area contributed by atoms with Gasteiger partial charge in [-0.3, -0.25) is 14.5 Å². The molecule has 6 N–H and O–H groups in total. The van der Waals surface area contributed by atoms with Crippen LogP contribution in [0.4, 0.5) is 35.9 Å². The fourth-order valence-corrected chi connectivity index (χ4v) is 4.95. The number of amides is 3. The van der Waals surface area contributed by atoms with Gasteiger partial charge in [0.15, 0.2) is 0 Å². The average molecular weight is 895 g/mol. The van der Waals surface area contributed by atoms with E-state index in [2.05, 4.69) is 21.0 Å². The number of carbonyl (C=O) groups is 4. The van der Waals surface area contributed by atoms with Crippen LogP contribution in [0, 0.1) is 0 Å². The lowest BCUT2D eigenvalue weighted by Gasteiger charge is -2.23. The number of nitrogens with two attached hydrogens (primary N) is 1. The molecule has 4 aromatic carbocycles. The zero-order valence-electron chi connectivity index (χ0n) is 35.4. The Morgan fingerprint density at radius 3 is 1.27 bits per heavy atom. The summed E-state index contributed by atoms with van der Waals surface area (Å²) in [6.45, 7) is 10.5. The second-order valence-electron chi connectivity index (χ2n) is 15.6. The first-order valence-electron chi connectivity index (χ1n) is 19.1. The Hall–Kier alpha value is -6.18. The van der Waals surface area contributed by atoms with E-state index < -0.39 is 70.8 Å². The van der Waals surface area contributed by atoms with Crippen molar-refractivity contribution in [2.24, 2.45) is 5.90 Å². The number of carboxylic acids is 1. The van der Waals surface area contributed by atoms with Crippen molar-refractivity contribution in [3.8, 4) is 0 Å². The molecule has 344 valence electrons. The monoisotopic (exact) mass is 894 g/mol. The van der Waals surface area contributed by atoms with Crippen LogP contribution in [-0.4, -0.2) is 52.5 Å². The minimum atomic E-state index is -4.46. The van der Waals surface area contributed by atoms with E-state index in [1.54, 1.807) is 41.5 Å². The molecule has 0 saturated heterocycles. The Labute approximate surface area is 361 Å². The number of carboxylic acid groups (broad SMARTS) is 1. The van der Waals surface area contributed by atoms with Gasteiger partial charge in [-0.2, -0.15) is 26.3 Å². The van der Waals surface area contributed by atoms with Crippen LogP contribution < -0.4 is 22.0 Å². The lowest BCUT2D eigenvalue weighted by molar-refractivity contribution is -0.140. The lowest BCUT2D eigenvalue weighted by Crippen LogP contribution is -2.49. The van der Waals surface area contributed by atoms with Crippen molar-refractivity contribution in [2.75, 3.05) is 0 Å². The fraction of sp³-hybridized carbons (Fsp3) is 0.364. The quantitative estimate of drug-likeness (QED) is 0.0642. The van der Waals surface area contributed by atoms with Crippen LogP contribution in [0.1, 0.15) is 74.9 Å². The van der Waals surface area contributed by atoms with Crippen molar-refractivity contribution in [1.82, 2.24) is 16.1 Å². The van der Waals surface area contributed by atoms with Crippen LogP contribution in [0.3, 0.4) is 0 Å². The van der Waals surface area contributed by atoms with Gasteiger partial charge >= 0.3 is 30.5 Å². The molecule has 0 bridgehead atoms. The van der Waals surface area contributed by atoms with E-state index in [9.17, 15) is 45.5 Å². The Morgan fingerprint density at radius 1 is 0.556 bits per heavy atom. The van der Waals surface area contributed by atoms with Gasteiger partial charge in [0.05, 0.1) is 24.3 Å². The summed E-state index contributed by atoms with van der Waals surface area (Å²) in [5, 5.41) is 13.7. The normalized spacial score (nSPS) is 12.5. The van der Waals surface area contributed by atoms with Gasteiger partial charge in [0.2, 0.25) is 0 Å². The van der Waals surface area contributed by atoms with Crippen LogP contribution in [0.5, 0.6) is 0 Å². The summed E-state index contributed by atoms with van der Waals surface area (Å²) < 4.78 is 85.8. The molecule has 0 aromatic heterocycles. The SMILES string of the molecule is CC(C)(C)OC(=O)N[C@@H](Cc1ccc(C(F)(F)F)cc1)C(=O)NOCc1ccccc1.CC(C)(C)OC(=O)N[C@@H](Cc1ccc(C(F)(F)F)cc1)C(=O)O.NOCc1ccccc1. The zero-order chi connectivity index (χ0) is 47.4. The van der Waals surface area contributed by atoms with E-state index in [0.29, 0.717) is 17.7 Å². The van der Waals surface area contributed by atoms with Gasteiger partial charge in [0.25, 0.3) is 5.91 Å². The molecule has 0 fully saturated rings. The number of carbonyl (C=O) groups excluding carboxylic acids is 3. The Balaban J connectivity index is 0.000000372. The third-order valence-electron chi connectivity index (χ3n) is 7.79. The number of hydrogen-bond donors (Lipinski definition) is 5. The van der Waals surface area contributed by atoms with Gasteiger partial charge < -0.3 is 25.2 Å². The average Bonchev–Trinajstić information content (AvgIpc) is 3.17. The van der Waals surface area contributed by atoms with Crippen LogP contribution in [-0.2, 0) is 67.1 Å². The molecule has 4 aromatic rings. The third kappa shape index (κ3) is 22.5. The maximum atomic E-state index is 12.8. The molecule has 0 aliphatic carbocycles. The number of nitrogens with one attached hydrogen (secondary N) is 3. The van der Waals surface area contributed by atoms with E-state index in [1.807, 2.05) is 60.7 Å². The summed E-state index contributed by atoms with van der Waals surface area (Å²) in [5.74, 6) is 2.89. The van der Waals surface area contributed by atoms with E-state index in [4.69, 9.17) is 25.3 Å². The number of alkyl halides is 6. The molecular weight excluding hydrogens is 842 g/mol. The van der Waals surface area contributed by atoms with Crippen LogP contribution in [0.2, 0.25) is 0 Å². The molecule has 63 heavy (non-hydrogen) atoms. The molecule has 13 nitrogen and oxygen atoms in total. The summed E-state index contributed by atoms with van der Waals surface area (Å²) in [4.78, 5) is 57.1. The molecule has 0 aliphatic heterocycles. The largest absolute Gasteiger partial charge is 0.480 e. The lowest BCUT2D eigenvalue weighted by atomic mass is 10.0. The van der Waals surface area contributed by atoms with E-state index >= 15 is 0 Å². The van der Waals surface area contributed by atoms with Crippen molar-refractivity contribution in [1.29, 1.82) is 0 Å². The molecule has 0 saturated carbocycles. The minimum Gasteiger partial charge on any atom is -0.480 e. The standard InChI is InChI=1S/C22H25F3N2O4.C15H18F3NO4.C7H9NO/c1-21(2,3)31-20(29)26-18(13-15-9-11-17(12-10-15)22(23,24)25)19(28)27-30-14-16-7-5-4-6-8-16;1-14(2,3)23-13(22)19-11(12(20)21)8-9-4-6-10(7-5-9)15(16,17)18;8-9-6-7-4-2-1-3-5-7/h4-12,18H,13-14H2,1-3H3,(H,26,29)(H,27,28);4-7,11H,8H2,1-3H3,(H,19,22)(H,20,21);1-5H,6,8H2/t18-;11-;/m00./s1.